The highest BCUT2D eigenvalue weighted by Crippen LogP contribution is 2.25. The van der Waals surface area contributed by atoms with E-state index in [2.05, 4.69) is 10.2 Å². The standard InChI is InChI=1S/C12H11FN2O/c1-7-9(8(2)15-16)6-10-11(13)4-3-5-12(10)14-7/h3-6,8H,1-2H3. The van der Waals surface area contributed by atoms with Crippen LogP contribution in [0.4, 0.5) is 4.39 Å². The Morgan fingerprint density at radius 3 is 2.88 bits per heavy atom. The number of rotatable bonds is 2. The lowest BCUT2D eigenvalue weighted by Crippen LogP contribution is -1.97. The van der Waals surface area contributed by atoms with Crippen molar-refractivity contribution >= 4 is 10.9 Å². The second-order valence-electron chi connectivity index (χ2n) is 3.75. The van der Waals surface area contributed by atoms with Gasteiger partial charge in [-0.25, -0.2) is 4.39 Å². The van der Waals surface area contributed by atoms with Gasteiger partial charge in [0, 0.05) is 16.6 Å². The molecule has 2 rings (SSSR count). The molecule has 2 aromatic rings. The van der Waals surface area contributed by atoms with Gasteiger partial charge in [-0.3, -0.25) is 4.98 Å². The molecule has 0 N–H and O–H groups in total. The normalized spacial score (nSPS) is 12.7. The van der Waals surface area contributed by atoms with Crippen molar-refractivity contribution in [3.05, 3.63) is 46.2 Å². The summed E-state index contributed by atoms with van der Waals surface area (Å²) in [6.07, 6.45) is 0. The number of hydrogen-bond acceptors (Lipinski definition) is 3. The summed E-state index contributed by atoms with van der Waals surface area (Å²) in [5, 5.41) is 3.37. The number of nitroso groups, excluding NO2 is 1. The minimum absolute atomic E-state index is 0.329. The summed E-state index contributed by atoms with van der Waals surface area (Å²) in [6.45, 7) is 3.46. The highest BCUT2D eigenvalue weighted by molar-refractivity contribution is 5.80. The number of aryl methyl sites for hydroxylation is 1. The molecule has 82 valence electrons. The van der Waals surface area contributed by atoms with Crippen LogP contribution in [-0.2, 0) is 0 Å². The van der Waals surface area contributed by atoms with Gasteiger partial charge in [-0.2, -0.15) is 4.91 Å². The van der Waals surface area contributed by atoms with E-state index in [9.17, 15) is 9.30 Å². The average Bonchev–Trinajstić information content (AvgIpc) is 2.28. The fraction of sp³-hybridized carbons (Fsp3) is 0.250. The van der Waals surface area contributed by atoms with Gasteiger partial charge in [-0.05, 0) is 32.0 Å². The Kier molecular flexibility index (Phi) is 2.64. The molecule has 0 spiro atoms. The summed E-state index contributed by atoms with van der Waals surface area (Å²) in [6, 6.07) is 5.89. The quantitative estimate of drug-likeness (QED) is 0.724. The van der Waals surface area contributed by atoms with E-state index in [0.29, 0.717) is 22.2 Å². The van der Waals surface area contributed by atoms with Crippen LogP contribution >= 0.6 is 0 Å². The van der Waals surface area contributed by atoms with Crippen molar-refractivity contribution in [2.45, 2.75) is 19.9 Å². The van der Waals surface area contributed by atoms with Crippen LogP contribution in [0.2, 0.25) is 0 Å². The van der Waals surface area contributed by atoms with Crippen molar-refractivity contribution < 1.29 is 4.39 Å². The fourth-order valence-corrected chi connectivity index (χ4v) is 1.75. The summed E-state index contributed by atoms with van der Waals surface area (Å²) in [5.41, 5.74) is 1.98. The van der Waals surface area contributed by atoms with Gasteiger partial charge in [0.25, 0.3) is 0 Å². The topological polar surface area (TPSA) is 42.3 Å². The van der Waals surface area contributed by atoms with Gasteiger partial charge in [-0.15, -0.1) is 0 Å². The Labute approximate surface area is 92.3 Å². The molecule has 16 heavy (non-hydrogen) atoms. The maximum atomic E-state index is 13.5. The molecule has 1 unspecified atom stereocenters. The van der Waals surface area contributed by atoms with Crippen LogP contribution in [0.5, 0.6) is 0 Å². The number of hydrogen-bond donors (Lipinski definition) is 0. The summed E-state index contributed by atoms with van der Waals surface area (Å²) < 4.78 is 13.5. The van der Waals surface area contributed by atoms with Crippen LogP contribution in [-0.4, -0.2) is 4.98 Å². The lowest BCUT2D eigenvalue weighted by atomic mass is 10.0. The Morgan fingerprint density at radius 1 is 1.44 bits per heavy atom. The third-order valence-electron chi connectivity index (χ3n) is 2.64. The smallest absolute Gasteiger partial charge is 0.132 e. The third-order valence-corrected chi connectivity index (χ3v) is 2.64. The van der Waals surface area contributed by atoms with Gasteiger partial charge >= 0.3 is 0 Å². The zero-order valence-corrected chi connectivity index (χ0v) is 9.07. The second-order valence-corrected chi connectivity index (χ2v) is 3.75. The van der Waals surface area contributed by atoms with Gasteiger partial charge < -0.3 is 0 Å². The molecule has 0 bridgehead atoms. The summed E-state index contributed by atoms with van der Waals surface area (Å²) in [5.74, 6) is -0.329. The maximum Gasteiger partial charge on any atom is 0.132 e. The molecule has 0 aliphatic carbocycles. The van der Waals surface area contributed by atoms with Gasteiger partial charge in [0.2, 0.25) is 0 Å². The zero-order valence-electron chi connectivity index (χ0n) is 9.07. The third kappa shape index (κ3) is 1.66. The van der Waals surface area contributed by atoms with E-state index in [0.717, 1.165) is 0 Å². The van der Waals surface area contributed by atoms with Crippen molar-refractivity contribution in [2.75, 3.05) is 0 Å². The number of halogens is 1. The first-order chi connectivity index (χ1) is 7.63. The van der Waals surface area contributed by atoms with E-state index in [1.807, 2.05) is 0 Å². The molecule has 1 aromatic carbocycles. The SMILES string of the molecule is Cc1nc2cccc(F)c2cc1C(C)N=O. The number of pyridine rings is 1. The van der Waals surface area contributed by atoms with Crippen LogP contribution < -0.4 is 0 Å². The lowest BCUT2D eigenvalue weighted by Gasteiger charge is -2.09. The van der Waals surface area contributed by atoms with Gasteiger partial charge in [0.05, 0.1) is 5.52 Å². The van der Waals surface area contributed by atoms with Crippen molar-refractivity contribution in [1.82, 2.24) is 4.98 Å². The molecule has 1 aromatic heterocycles. The van der Waals surface area contributed by atoms with Crippen molar-refractivity contribution in [1.29, 1.82) is 0 Å². The molecule has 0 amide bonds. The number of aromatic nitrogens is 1. The highest BCUT2D eigenvalue weighted by Gasteiger charge is 2.12. The number of fused-ring (bicyclic) bond motifs is 1. The van der Waals surface area contributed by atoms with Gasteiger partial charge in [0.15, 0.2) is 0 Å². The minimum atomic E-state index is -0.503. The van der Waals surface area contributed by atoms with Crippen LogP contribution in [0.15, 0.2) is 29.4 Å². The van der Waals surface area contributed by atoms with Crippen LogP contribution in [0, 0.1) is 17.6 Å². The molecular formula is C12H11FN2O. The minimum Gasteiger partial charge on any atom is -0.253 e. The second kappa shape index (κ2) is 3.96. The van der Waals surface area contributed by atoms with Gasteiger partial charge in [-0.1, -0.05) is 11.2 Å². The van der Waals surface area contributed by atoms with E-state index in [1.165, 1.54) is 6.07 Å². The van der Waals surface area contributed by atoms with E-state index >= 15 is 0 Å². The Morgan fingerprint density at radius 2 is 2.19 bits per heavy atom. The molecule has 0 fully saturated rings. The van der Waals surface area contributed by atoms with E-state index in [-0.39, 0.29) is 5.82 Å². The predicted octanol–water partition coefficient (Wildman–Crippen LogP) is 3.51. The Bertz CT molecular complexity index is 554. The molecule has 3 nitrogen and oxygen atoms in total. The van der Waals surface area contributed by atoms with Crippen LogP contribution in [0.25, 0.3) is 10.9 Å². The van der Waals surface area contributed by atoms with Gasteiger partial charge in [0.1, 0.15) is 11.9 Å². The number of nitrogens with zero attached hydrogens (tertiary/aromatic N) is 2. The molecule has 0 aliphatic heterocycles. The monoisotopic (exact) mass is 218 g/mol. The van der Waals surface area contributed by atoms with Crippen molar-refractivity contribution in [3.63, 3.8) is 0 Å². The first kappa shape index (κ1) is 10.7. The largest absolute Gasteiger partial charge is 0.253 e. The van der Waals surface area contributed by atoms with E-state index in [4.69, 9.17) is 0 Å². The maximum absolute atomic E-state index is 13.5. The molecular weight excluding hydrogens is 207 g/mol. The first-order valence-electron chi connectivity index (χ1n) is 5.01. The Hall–Kier alpha value is -1.84. The molecule has 0 aliphatic rings. The first-order valence-corrected chi connectivity index (χ1v) is 5.01. The molecule has 1 heterocycles. The molecule has 4 heteroatoms. The van der Waals surface area contributed by atoms with Crippen LogP contribution in [0.1, 0.15) is 24.2 Å². The summed E-state index contributed by atoms with van der Waals surface area (Å²) >= 11 is 0. The number of benzene rings is 1. The van der Waals surface area contributed by atoms with Crippen LogP contribution in [0.3, 0.4) is 0 Å². The van der Waals surface area contributed by atoms with Crippen molar-refractivity contribution in [2.24, 2.45) is 5.18 Å². The molecule has 0 saturated heterocycles. The molecule has 0 radical (unpaired) electrons. The van der Waals surface area contributed by atoms with E-state index < -0.39 is 6.04 Å². The fourth-order valence-electron chi connectivity index (χ4n) is 1.75. The zero-order chi connectivity index (χ0) is 11.7. The van der Waals surface area contributed by atoms with Crippen molar-refractivity contribution in [3.8, 4) is 0 Å². The van der Waals surface area contributed by atoms with E-state index in [1.54, 1.807) is 32.0 Å². The lowest BCUT2D eigenvalue weighted by molar-refractivity contribution is 0.639. The summed E-state index contributed by atoms with van der Waals surface area (Å²) in [4.78, 5) is 14.8. The molecule has 0 saturated carbocycles. The Balaban J connectivity index is 2.73. The highest BCUT2D eigenvalue weighted by atomic mass is 19.1. The average molecular weight is 218 g/mol. The predicted molar refractivity (Wildman–Crippen MR) is 60.6 cm³/mol. The molecule has 1 atom stereocenters. The summed E-state index contributed by atoms with van der Waals surface area (Å²) in [7, 11) is 0.